The molecule has 3 heterocycles. The number of nitrogens with zero attached hydrogens (tertiary/aromatic N) is 3. The highest BCUT2D eigenvalue weighted by molar-refractivity contribution is 7.68. The molecule has 10 heteroatoms. The van der Waals surface area contributed by atoms with Crippen molar-refractivity contribution in [3.8, 4) is 21.8 Å². The van der Waals surface area contributed by atoms with Gasteiger partial charge in [-0.2, -0.15) is 0 Å². The number of rotatable bonds is 7. The van der Waals surface area contributed by atoms with Crippen molar-refractivity contribution in [3.63, 3.8) is 0 Å². The van der Waals surface area contributed by atoms with Crippen LogP contribution in [-0.4, -0.2) is 32.6 Å². The topological polar surface area (TPSA) is 106 Å². The Labute approximate surface area is 211 Å². The Morgan fingerprint density at radius 1 is 1.06 bits per heavy atom. The van der Waals surface area contributed by atoms with Crippen LogP contribution in [0.2, 0.25) is 0 Å². The summed E-state index contributed by atoms with van der Waals surface area (Å²) in [5.74, 6) is -1.15. The molecule has 1 unspecified atom stereocenters. The van der Waals surface area contributed by atoms with Crippen molar-refractivity contribution in [3.05, 3.63) is 89.1 Å². The number of hydrogen-bond donors (Lipinski definition) is 2. The van der Waals surface area contributed by atoms with Crippen molar-refractivity contribution < 1.29 is 19.0 Å². The Kier molecular flexibility index (Phi) is 6.22. The van der Waals surface area contributed by atoms with Crippen molar-refractivity contribution in [2.45, 2.75) is 13.8 Å². The number of fused-ring (bicyclic) bond motifs is 1. The van der Waals surface area contributed by atoms with Crippen molar-refractivity contribution in [2.75, 3.05) is 12.2 Å². The maximum atomic E-state index is 13.7. The summed E-state index contributed by atoms with van der Waals surface area (Å²) in [4.78, 5) is 21.1. The molecule has 182 valence electrons. The monoisotopic (exact) mass is 518 g/mol. The molecular weight excluding hydrogens is 495 g/mol. The van der Waals surface area contributed by atoms with Gasteiger partial charge in [-0.3, -0.25) is 9.65 Å². The second-order valence-electron chi connectivity index (χ2n) is 8.31. The molecule has 36 heavy (non-hydrogen) atoms. The number of carbonyl (C=O) groups is 1. The highest BCUT2D eigenvalue weighted by atomic mass is 32.1. The lowest BCUT2D eigenvalue weighted by molar-refractivity contribution is 0.0703. The van der Waals surface area contributed by atoms with E-state index >= 15 is 0 Å². The van der Waals surface area contributed by atoms with E-state index < -0.39 is 13.5 Å². The van der Waals surface area contributed by atoms with Gasteiger partial charge >= 0.3 is 13.5 Å². The number of nitrogens with one attached hydrogen (secondary N) is 1. The first-order chi connectivity index (χ1) is 17.3. The van der Waals surface area contributed by atoms with Crippen LogP contribution < -0.4 is 10.4 Å². The fraction of sp³-hybridized carbons (Fsp3) is 0.115. The number of benzene rings is 2. The number of hydrogen-bond acceptors (Lipinski definition) is 6. The quantitative estimate of drug-likeness (QED) is 0.254. The van der Waals surface area contributed by atoms with Gasteiger partial charge in [-0.1, -0.05) is 48.0 Å². The minimum atomic E-state index is -3.62. The normalized spacial score (nSPS) is 13.0. The highest BCUT2D eigenvalue weighted by Gasteiger charge is 2.31. The number of imidazole rings is 1. The Hall–Kier alpha value is -3.78. The van der Waals surface area contributed by atoms with Gasteiger partial charge in [0.2, 0.25) is 0 Å². The summed E-state index contributed by atoms with van der Waals surface area (Å²) in [5, 5.41) is 13.6. The Morgan fingerprint density at radius 3 is 2.47 bits per heavy atom. The molecule has 5 aromatic rings. The van der Waals surface area contributed by atoms with E-state index in [9.17, 15) is 14.5 Å². The van der Waals surface area contributed by atoms with Gasteiger partial charge in [0.05, 0.1) is 11.0 Å². The number of thiazole rings is 1. The fourth-order valence-corrected chi connectivity index (χ4v) is 6.59. The Bertz CT molecular complexity index is 1610. The standard InChI is InChI=1S/C26H23N4O4PS/c1-16-7-12-21(17(2)14-16)35(33,34-3)29-24-23(26(31)32)36-25(28-24)19-10-8-18(9-11-19)20-15-30-13-5-4-6-22(30)27-20/h4-15H,1-3H3,(H,29,33)(H,31,32). The van der Waals surface area contributed by atoms with Crippen LogP contribution in [0.15, 0.2) is 73.1 Å². The van der Waals surface area contributed by atoms with Crippen LogP contribution in [0.1, 0.15) is 20.8 Å². The first-order valence-electron chi connectivity index (χ1n) is 11.1. The summed E-state index contributed by atoms with van der Waals surface area (Å²) in [6.07, 6.45) is 3.89. The van der Waals surface area contributed by atoms with Gasteiger partial charge in [0.1, 0.15) is 10.7 Å². The zero-order valence-electron chi connectivity index (χ0n) is 19.8. The largest absolute Gasteiger partial charge is 0.477 e. The lowest BCUT2D eigenvalue weighted by atomic mass is 10.1. The van der Waals surface area contributed by atoms with Crippen molar-refractivity contribution in [1.29, 1.82) is 0 Å². The van der Waals surface area contributed by atoms with E-state index in [1.54, 1.807) is 6.07 Å². The Balaban J connectivity index is 1.48. The predicted octanol–water partition coefficient (Wildman–Crippen LogP) is 6.02. The van der Waals surface area contributed by atoms with Crippen LogP contribution in [0.25, 0.3) is 27.5 Å². The van der Waals surface area contributed by atoms with Crippen LogP contribution in [-0.2, 0) is 9.09 Å². The van der Waals surface area contributed by atoms with E-state index in [1.807, 2.05) is 85.2 Å². The number of carboxylic acids is 1. The second kappa shape index (κ2) is 9.35. The van der Waals surface area contributed by atoms with Gasteiger partial charge in [-0.05, 0) is 37.6 Å². The molecule has 0 bridgehead atoms. The molecule has 0 aliphatic carbocycles. The minimum Gasteiger partial charge on any atom is -0.477 e. The van der Waals surface area contributed by atoms with Crippen molar-refractivity contribution in [2.24, 2.45) is 0 Å². The lowest BCUT2D eigenvalue weighted by Crippen LogP contribution is -2.17. The van der Waals surface area contributed by atoms with E-state index in [0.717, 1.165) is 44.9 Å². The number of aromatic carboxylic acids is 1. The molecule has 3 aromatic heterocycles. The maximum absolute atomic E-state index is 13.7. The molecule has 0 aliphatic rings. The second-order valence-corrected chi connectivity index (χ2v) is 11.5. The third-order valence-electron chi connectivity index (χ3n) is 5.79. The van der Waals surface area contributed by atoms with E-state index in [0.29, 0.717) is 10.3 Å². The molecule has 8 nitrogen and oxygen atoms in total. The van der Waals surface area contributed by atoms with E-state index in [4.69, 9.17) is 4.52 Å². The first kappa shape index (κ1) is 23.9. The van der Waals surface area contributed by atoms with E-state index in [-0.39, 0.29) is 10.7 Å². The highest BCUT2D eigenvalue weighted by Crippen LogP contribution is 2.47. The minimum absolute atomic E-state index is 0.0112. The maximum Gasteiger partial charge on any atom is 0.349 e. The molecule has 0 saturated carbocycles. The summed E-state index contributed by atoms with van der Waals surface area (Å²) in [6.45, 7) is 3.78. The first-order valence-corrected chi connectivity index (χ1v) is 13.5. The molecule has 1 atom stereocenters. The summed E-state index contributed by atoms with van der Waals surface area (Å²) in [6, 6.07) is 18.9. The van der Waals surface area contributed by atoms with E-state index in [1.165, 1.54) is 7.11 Å². The lowest BCUT2D eigenvalue weighted by Gasteiger charge is -2.20. The molecule has 0 spiro atoms. The molecule has 0 amide bonds. The summed E-state index contributed by atoms with van der Waals surface area (Å²) in [7, 11) is -2.29. The van der Waals surface area contributed by atoms with Gasteiger partial charge < -0.3 is 14.0 Å². The van der Waals surface area contributed by atoms with Gasteiger partial charge in [0, 0.05) is 30.6 Å². The van der Waals surface area contributed by atoms with Crippen molar-refractivity contribution >= 4 is 41.6 Å². The van der Waals surface area contributed by atoms with Crippen molar-refractivity contribution in [1.82, 2.24) is 14.4 Å². The molecule has 5 rings (SSSR count). The van der Waals surface area contributed by atoms with Crippen LogP contribution in [0, 0.1) is 13.8 Å². The molecule has 0 aliphatic heterocycles. The van der Waals surface area contributed by atoms with Gasteiger partial charge in [-0.25, -0.2) is 14.8 Å². The number of pyridine rings is 1. The molecular formula is C26H23N4O4PS. The Morgan fingerprint density at radius 2 is 1.81 bits per heavy atom. The van der Waals surface area contributed by atoms with Crippen LogP contribution in [0.4, 0.5) is 5.82 Å². The van der Waals surface area contributed by atoms with Crippen LogP contribution >= 0.6 is 18.9 Å². The summed E-state index contributed by atoms with van der Waals surface area (Å²) >= 11 is 1.01. The van der Waals surface area contributed by atoms with Crippen LogP contribution in [0.5, 0.6) is 0 Å². The number of carboxylic acid groups (broad SMARTS) is 1. The smallest absolute Gasteiger partial charge is 0.349 e. The fourth-order valence-electron chi connectivity index (χ4n) is 4.00. The van der Waals surface area contributed by atoms with Crippen LogP contribution in [0.3, 0.4) is 0 Å². The third-order valence-corrected chi connectivity index (χ3v) is 9.04. The molecule has 2 aromatic carbocycles. The number of anilines is 1. The van der Waals surface area contributed by atoms with E-state index in [2.05, 4.69) is 15.1 Å². The van der Waals surface area contributed by atoms with Gasteiger partial charge in [0.25, 0.3) is 0 Å². The zero-order chi connectivity index (χ0) is 25.4. The molecule has 0 saturated heterocycles. The zero-order valence-corrected chi connectivity index (χ0v) is 21.5. The molecule has 0 fully saturated rings. The number of aryl methyl sites for hydroxylation is 2. The van der Waals surface area contributed by atoms with Gasteiger partial charge in [0.15, 0.2) is 10.7 Å². The SMILES string of the molecule is COP(=O)(Nc1nc(-c2ccc(-c3cn4ccccc4n3)cc2)sc1C(=O)O)c1ccc(C)cc1C. The average molecular weight is 519 g/mol. The predicted molar refractivity (Wildman–Crippen MR) is 142 cm³/mol. The molecule has 2 N–H and O–H groups in total. The summed E-state index contributed by atoms with van der Waals surface area (Å²) in [5.41, 5.74) is 5.15. The number of aromatic nitrogens is 3. The third kappa shape index (κ3) is 4.44. The summed E-state index contributed by atoms with van der Waals surface area (Å²) < 4.78 is 21.1. The van der Waals surface area contributed by atoms with Gasteiger partial charge in [-0.15, -0.1) is 11.3 Å². The average Bonchev–Trinajstić information content (AvgIpc) is 3.48. The molecule has 0 radical (unpaired) electrons.